The minimum atomic E-state index is -0.311. The molecule has 3 N–H and O–H groups in total. The van der Waals surface area contributed by atoms with Crippen molar-refractivity contribution < 1.29 is 9.59 Å². The van der Waals surface area contributed by atoms with Crippen LogP contribution in [0.4, 0.5) is 16.2 Å². The van der Waals surface area contributed by atoms with Crippen molar-refractivity contribution in [2.45, 2.75) is 38.6 Å². The van der Waals surface area contributed by atoms with Crippen LogP contribution < -0.4 is 16.0 Å². The van der Waals surface area contributed by atoms with Crippen molar-refractivity contribution in [3.8, 4) is 0 Å². The van der Waals surface area contributed by atoms with Crippen molar-refractivity contribution in [2.75, 3.05) is 10.6 Å². The molecule has 1 aliphatic carbocycles. The van der Waals surface area contributed by atoms with Gasteiger partial charge in [-0.15, -0.1) is 0 Å². The molecule has 1 saturated carbocycles. The number of aryl methyl sites for hydroxylation is 1. The Hall–Kier alpha value is -2.82. The molecule has 0 aliphatic heterocycles. The van der Waals surface area contributed by atoms with E-state index >= 15 is 0 Å². The number of anilines is 2. The summed E-state index contributed by atoms with van der Waals surface area (Å²) in [5.74, 6) is -0.0531. The van der Waals surface area contributed by atoms with E-state index in [0.717, 1.165) is 24.1 Å². The molecule has 130 valence electrons. The van der Waals surface area contributed by atoms with Gasteiger partial charge < -0.3 is 16.0 Å². The van der Waals surface area contributed by atoms with E-state index in [1.165, 1.54) is 12.8 Å². The molecule has 3 amide bonds. The van der Waals surface area contributed by atoms with Gasteiger partial charge in [0.25, 0.3) is 5.91 Å². The Bertz CT molecular complexity index is 750. The van der Waals surface area contributed by atoms with Crippen LogP contribution in [0.15, 0.2) is 48.5 Å². The molecule has 5 nitrogen and oxygen atoms in total. The Morgan fingerprint density at radius 1 is 0.920 bits per heavy atom. The molecular formula is C20H23N3O2. The number of amides is 3. The van der Waals surface area contributed by atoms with Crippen LogP contribution in [0.2, 0.25) is 0 Å². The molecule has 0 unspecified atom stereocenters. The lowest BCUT2D eigenvalue weighted by Gasteiger charge is -2.12. The average Bonchev–Trinajstić information content (AvgIpc) is 3.08. The first kappa shape index (κ1) is 17.0. The van der Waals surface area contributed by atoms with E-state index in [4.69, 9.17) is 0 Å². The summed E-state index contributed by atoms with van der Waals surface area (Å²) in [6, 6.07) is 14.5. The summed E-state index contributed by atoms with van der Waals surface area (Å²) >= 11 is 0. The fourth-order valence-corrected chi connectivity index (χ4v) is 3.06. The fourth-order valence-electron chi connectivity index (χ4n) is 3.06. The van der Waals surface area contributed by atoms with Crippen molar-refractivity contribution >= 4 is 23.3 Å². The van der Waals surface area contributed by atoms with E-state index in [1.54, 1.807) is 24.3 Å². The Balaban J connectivity index is 1.54. The van der Waals surface area contributed by atoms with E-state index in [9.17, 15) is 9.59 Å². The van der Waals surface area contributed by atoms with Gasteiger partial charge in [-0.05, 0) is 61.7 Å². The van der Waals surface area contributed by atoms with Crippen LogP contribution >= 0.6 is 0 Å². The number of carbonyl (C=O) groups excluding carboxylic acids is 2. The van der Waals surface area contributed by atoms with E-state index in [0.29, 0.717) is 17.3 Å². The van der Waals surface area contributed by atoms with Crippen LogP contribution in [0.3, 0.4) is 0 Å². The molecule has 0 bridgehead atoms. The van der Waals surface area contributed by atoms with Gasteiger partial charge in [-0.25, -0.2) is 4.79 Å². The largest absolute Gasteiger partial charge is 0.349 e. The van der Waals surface area contributed by atoms with Gasteiger partial charge >= 0.3 is 6.03 Å². The quantitative estimate of drug-likeness (QED) is 0.778. The molecule has 0 saturated heterocycles. The van der Waals surface area contributed by atoms with Crippen molar-refractivity contribution in [1.82, 2.24) is 5.32 Å². The highest BCUT2D eigenvalue weighted by atomic mass is 16.2. The Kier molecular flexibility index (Phi) is 5.33. The third-order valence-corrected chi connectivity index (χ3v) is 4.37. The first-order valence-corrected chi connectivity index (χ1v) is 8.66. The van der Waals surface area contributed by atoms with Crippen molar-refractivity contribution in [2.24, 2.45) is 0 Å². The molecule has 1 aliphatic rings. The number of rotatable bonds is 4. The van der Waals surface area contributed by atoms with Gasteiger partial charge in [-0.1, -0.05) is 25.0 Å². The van der Waals surface area contributed by atoms with Gasteiger partial charge in [0.1, 0.15) is 0 Å². The maximum atomic E-state index is 12.2. The first-order chi connectivity index (χ1) is 12.1. The molecule has 5 heteroatoms. The third-order valence-electron chi connectivity index (χ3n) is 4.37. The summed E-state index contributed by atoms with van der Waals surface area (Å²) in [5.41, 5.74) is 3.07. The maximum Gasteiger partial charge on any atom is 0.323 e. The fraction of sp³-hybridized carbons (Fsp3) is 0.300. The lowest BCUT2D eigenvalue weighted by atomic mass is 10.1. The zero-order valence-electron chi connectivity index (χ0n) is 14.3. The second kappa shape index (κ2) is 7.83. The van der Waals surface area contributed by atoms with Crippen LogP contribution in [-0.4, -0.2) is 18.0 Å². The molecule has 0 aromatic heterocycles. The highest BCUT2D eigenvalue weighted by molar-refractivity contribution is 6.00. The standard InChI is InChI=1S/C20H23N3O2/c1-14-5-4-8-18(13-14)23-20(25)22-17-11-9-15(10-12-17)19(24)21-16-6-2-3-7-16/h4-5,8-13,16H,2-3,6-7H2,1H3,(H,21,24)(H2,22,23,25). The lowest BCUT2D eigenvalue weighted by molar-refractivity contribution is 0.0938. The predicted molar refractivity (Wildman–Crippen MR) is 100.0 cm³/mol. The van der Waals surface area contributed by atoms with Gasteiger partial charge in [0.15, 0.2) is 0 Å². The zero-order chi connectivity index (χ0) is 17.6. The van der Waals surface area contributed by atoms with E-state index in [2.05, 4.69) is 16.0 Å². The third kappa shape index (κ3) is 4.83. The summed E-state index contributed by atoms with van der Waals surface area (Å²) in [6.07, 6.45) is 4.49. The van der Waals surface area contributed by atoms with E-state index in [-0.39, 0.29) is 11.9 Å². The van der Waals surface area contributed by atoms with Crippen LogP contribution in [-0.2, 0) is 0 Å². The summed E-state index contributed by atoms with van der Waals surface area (Å²) in [6.45, 7) is 1.97. The van der Waals surface area contributed by atoms with Crippen molar-refractivity contribution in [3.63, 3.8) is 0 Å². The monoisotopic (exact) mass is 337 g/mol. The summed E-state index contributed by atoms with van der Waals surface area (Å²) in [5, 5.41) is 8.61. The molecule has 0 radical (unpaired) electrons. The van der Waals surface area contributed by atoms with Crippen LogP contribution in [0.25, 0.3) is 0 Å². The smallest absolute Gasteiger partial charge is 0.323 e. The van der Waals surface area contributed by atoms with Gasteiger partial charge in [-0.3, -0.25) is 4.79 Å². The second-order valence-corrected chi connectivity index (χ2v) is 6.48. The molecule has 1 fully saturated rings. The highest BCUT2D eigenvalue weighted by Crippen LogP contribution is 2.18. The Morgan fingerprint density at radius 3 is 2.28 bits per heavy atom. The topological polar surface area (TPSA) is 70.2 Å². The Labute approximate surface area is 147 Å². The second-order valence-electron chi connectivity index (χ2n) is 6.48. The van der Waals surface area contributed by atoms with E-state index in [1.807, 2.05) is 31.2 Å². The molecule has 3 rings (SSSR count). The molecule has 0 atom stereocenters. The Morgan fingerprint density at radius 2 is 1.60 bits per heavy atom. The molecule has 2 aromatic rings. The van der Waals surface area contributed by atoms with Crippen LogP contribution in [0.1, 0.15) is 41.6 Å². The highest BCUT2D eigenvalue weighted by Gasteiger charge is 2.17. The van der Waals surface area contributed by atoms with Gasteiger partial charge in [0.2, 0.25) is 0 Å². The number of nitrogens with one attached hydrogen (secondary N) is 3. The van der Waals surface area contributed by atoms with E-state index < -0.39 is 0 Å². The first-order valence-electron chi connectivity index (χ1n) is 8.66. The molecule has 2 aromatic carbocycles. The number of hydrogen-bond acceptors (Lipinski definition) is 2. The normalized spacial score (nSPS) is 14.1. The predicted octanol–water partition coefficient (Wildman–Crippen LogP) is 4.31. The van der Waals surface area contributed by atoms with Crippen LogP contribution in [0.5, 0.6) is 0 Å². The molecule has 0 spiro atoms. The number of urea groups is 1. The van der Waals surface area contributed by atoms with Gasteiger partial charge in [0, 0.05) is 23.0 Å². The number of carbonyl (C=O) groups is 2. The summed E-state index contributed by atoms with van der Waals surface area (Å²) in [4.78, 5) is 24.2. The van der Waals surface area contributed by atoms with Crippen molar-refractivity contribution in [3.05, 3.63) is 59.7 Å². The zero-order valence-corrected chi connectivity index (χ0v) is 14.3. The molecular weight excluding hydrogens is 314 g/mol. The minimum absolute atomic E-state index is 0.0531. The maximum absolute atomic E-state index is 12.2. The minimum Gasteiger partial charge on any atom is -0.349 e. The number of hydrogen-bond donors (Lipinski definition) is 3. The number of benzene rings is 2. The lowest BCUT2D eigenvalue weighted by Crippen LogP contribution is -2.32. The average molecular weight is 337 g/mol. The van der Waals surface area contributed by atoms with Crippen LogP contribution in [0, 0.1) is 6.92 Å². The summed E-state index contributed by atoms with van der Waals surface area (Å²) < 4.78 is 0. The van der Waals surface area contributed by atoms with Gasteiger partial charge in [-0.2, -0.15) is 0 Å². The molecule has 25 heavy (non-hydrogen) atoms. The summed E-state index contributed by atoms with van der Waals surface area (Å²) in [7, 11) is 0. The molecule has 0 heterocycles. The van der Waals surface area contributed by atoms with Crippen molar-refractivity contribution in [1.29, 1.82) is 0 Å². The SMILES string of the molecule is Cc1cccc(NC(=O)Nc2ccc(C(=O)NC3CCCC3)cc2)c1. The van der Waals surface area contributed by atoms with Gasteiger partial charge in [0.05, 0.1) is 0 Å².